The zero-order valence-electron chi connectivity index (χ0n) is 18.8. The molecule has 0 aromatic heterocycles. The molecule has 0 bridgehead atoms. The second-order valence-corrected chi connectivity index (χ2v) is 10.1. The van der Waals surface area contributed by atoms with E-state index in [0.29, 0.717) is 24.8 Å². The largest absolute Gasteiger partial charge is 0.490 e. The summed E-state index contributed by atoms with van der Waals surface area (Å²) in [5, 5.41) is 9.47. The van der Waals surface area contributed by atoms with Gasteiger partial charge in [0, 0.05) is 18.6 Å². The van der Waals surface area contributed by atoms with Crippen LogP contribution >= 0.6 is 0 Å². The number of nitrogens with zero attached hydrogens (tertiary/aromatic N) is 1. The van der Waals surface area contributed by atoms with E-state index in [-0.39, 0.29) is 48.3 Å². The number of benzene rings is 2. The van der Waals surface area contributed by atoms with Crippen LogP contribution in [0.2, 0.25) is 0 Å². The molecular formula is C25H25F6NO3. The number of fused-ring (bicyclic) bond motifs is 1. The summed E-state index contributed by atoms with van der Waals surface area (Å²) < 4.78 is 86.5. The number of alkyl halides is 6. The van der Waals surface area contributed by atoms with E-state index in [1.807, 2.05) is 0 Å². The highest BCUT2D eigenvalue weighted by Gasteiger charge is 2.61. The van der Waals surface area contributed by atoms with Crippen LogP contribution in [0.3, 0.4) is 0 Å². The molecule has 35 heavy (non-hydrogen) atoms. The van der Waals surface area contributed by atoms with E-state index < -0.39 is 35.9 Å². The van der Waals surface area contributed by atoms with Gasteiger partial charge in [-0.1, -0.05) is 18.2 Å². The van der Waals surface area contributed by atoms with E-state index in [0.717, 1.165) is 12.1 Å². The van der Waals surface area contributed by atoms with Gasteiger partial charge >= 0.3 is 18.3 Å². The molecule has 1 N–H and O–H groups in total. The van der Waals surface area contributed by atoms with E-state index in [4.69, 9.17) is 9.84 Å². The molecule has 0 amide bonds. The summed E-state index contributed by atoms with van der Waals surface area (Å²) in [6.45, 7) is 1.32. The molecule has 1 aliphatic heterocycles. The van der Waals surface area contributed by atoms with Crippen molar-refractivity contribution in [2.75, 3.05) is 6.54 Å². The van der Waals surface area contributed by atoms with Gasteiger partial charge in [0.1, 0.15) is 11.3 Å². The topological polar surface area (TPSA) is 49.5 Å². The quantitative estimate of drug-likeness (QED) is 0.380. The molecule has 3 fully saturated rings. The minimum Gasteiger partial charge on any atom is -0.490 e. The van der Waals surface area contributed by atoms with Gasteiger partial charge in [0.15, 0.2) is 0 Å². The molecule has 1 atom stereocenters. The third-order valence-corrected chi connectivity index (χ3v) is 7.79. The second-order valence-electron chi connectivity index (χ2n) is 10.1. The lowest BCUT2D eigenvalue weighted by atomic mass is 9.74. The van der Waals surface area contributed by atoms with Gasteiger partial charge in [-0.3, -0.25) is 9.69 Å². The smallest absolute Gasteiger partial charge is 0.420 e. The van der Waals surface area contributed by atoms with E-state index >= 15 is 0 Å². The zero-order valence-corrected chi connectivity index (χ0v) is 18.8. The van der Waals surface area contributed by atoms with Crippen molar-refractivity contribution in [3.63, 3.8) is 0 Å². The summed E-state index contributed by atoms with van der Waals surface area (Å²) in [5.74, 6) is -2.91. The molecule has 2 saturated carbocycles. The van der Waals surface area contributed by atoms with Gasteiger partial charge in [-0.05, 0) is 67.0 Å². The maximum absolute atomic E-state index is 14.0. The van der Waals surface area contributed by atoms with Gasteiger partial charge in [-0.25, -0.2) is 0 Å². The Hall–Kier alpha value is -2.49. The first-order chi connectivity index (χ1) is 16.4. The van der Waals surface area contributed by atoms with E-state index in [1.54, 1.807) is 18.2 Å². The minimum atomic E-state index is -4.69. The molecule has 2 aromatic rings. The lowest BCUT2D eigenvalue weighted by molar-refractivity contribution is -0.185. The van der Waals surface area contributed by atoms with Crippen LogP contribution in [0.1, 0.15) is 49.7 Å². The standard InChI is InChI=1S/C25H25F6NO3/c26-24(27,28)17-3-5-18(6-4-17)35-20-8-2-15-9-14(1-7-19(15)21(20)25(29,30)31)12-32-13-23(32)10-16(11-23)22(33)34/h1-2,7-9,16-18H,3-6,10-13H2,(H,33,34). The summed E-state index contributed by atoms with van der Waals surface area (Å²) in [4.78, 5) is 13.2. The highest BCUT2D eigenvalue weighted by Crippen LogP contribution is 2.53. The summed E-state index contributed by atoms with van der Waals surface area (Å²) in [5.41, 5.74) is -0.163. The van der Waals surface area contributed by atoms with Gasteiger partial charge in [0.25, 0.3) is 0 Å². The van der Waals surface area contributed by atoms with Crippen molar-refractivity contribution in [1.82, 2.24) is 4.90 Å². The fraction of sp³-hybridized carbons (Fsp3) is 0.560. The molecule has 4 nitrogen and oxygen atoms in total. The molecule has 10 heteroatoms. The molecule has 2 aromatic carbocycles. The van der Waals surface area contributed by atoms with Crippen LogP contribution < -0.4 is 4.74 Å². The van der Waals surface area contributed by atoms with Crippen molar-refractivity contribution in [2.24, 2.45) is 11.8 Å². The highest BCUT2D eigenvalue weighted by molar-refractivity contribution is 5.89. The summed E-state index contributed by atoms with van der Waals surface area (Å²) in [6, 6.07) is 7.55. The number of halogens is 6. The summed E-state index contributed by atoms with van der Waals surface area (Å²) in [7, 11) is 0. The van der Waals surface area contributed by atoms with Crippen molar-refractivity contribution in [3.05, 3.63) is 41.5 Å². The molecule has 3 aliphatic rings. The van der Waals surface area contributed by atoms with E-state index in [1.165, 1.54) is 12.1 Å². The van der Waals surface area contributed by atoms with Crippen molar-refractivity contribution in [2.45, 2.75) is 69.1 Å². The van der Waals surface area contributed by atoms with E-state index in [9.17, 15) is 31.1 Å². The normalized spacial score (nSPS) is 30.8. The molecular weight excluding hydrogens is 476 g/mol. The maximum Gasteiger partial charge on any atom is 0.420 e. The fourth-order valence-corrected chi connectivity index (χ4v) is 5.72. The second kappa shape index (κ2) is 8.28. The van der Waals surface area contributed by atoms with Crippen LogP contribution in [-0.2, 0) is 17.5 Å². The van der Waals surface area contributed by atoms with Crippen molar-refractivity contribution >= 4 is 16.7 Å². The van der Waals surface area contributed by atoms with Gasteiger partial charge in [0.2, 0.25) is 0 Å². The molecule has 1 spiro atoms. The number of ether oxygens (including phenoxy) is 1. The minimum absolute atomic E-state index is 0.0159. The number of aliphatic carboxylic acids is 1. The predicted molar refractivity (Wildman–Crippen MR) is 115 cm³/mol. The number of hydrogen-bond donors (Lipinski definition) is 1. The van der Waals surface area contributed by atoms with Crippen LogP contribution in [0.4, 0.5) is 26.3 Å². The number of hydrogen-bond acceptors (Lipinski definition) is 3. The first kappa shape index (κ1) is 24.2. The van der Waals surface area contributed by atoms with Gasteiger partial charge in [-0.15, -0.1) is 0 Å². The van der Waals surface area contributed by atoms with Crippen molar-refractivity contribution in [1.29, 1.82) is 0 Å². The molecule has 1 unspecified atom stereocenters. The fourth-order valence-electron chi connectivity index (χ4n) is 5.72. The van der Waals surface area contributed by atoms with E-state index in [2.05, 4.69) is 4.90 Å². The maximum atomic E-state index is 14.0. The Kier molecular flexibility index (Phi) is 5.73. The van der Waals surface area contributed by atoms with Gasteiger partial charge in [0.05, 0.1) is 17.9 Å². The third kappa shape index (κ3) is 4.69. The Bertz CT molecular complexity index is 1130. The highest BCUT2D eigenvalue weighted by atomic mass is 19.4. The lowest BCUT2D eigenvalue weighted by Gasteiger charge is -2.33. The summed E-state index contributed by atoms with van der Waals surface area (Å²) in [6.07, 6.45) is -8.69. The number of carbonyl (C=O) groups is 1. The van der Waals surface area contributed by atoms with Crippen molar-refractivity contribution < 1.29 is 41.0 Å². The Morgan fingerprint density at radius 1 is 1.03 bits per heavy atom. The lowest BCUT2D eigenvalue weighted by Crippen LogP contribution is -2.40. The first-order valence-corrected chi connectivity index (χ1v) is 11.7. The molecule has 1 heterocycles. The Labute approximate surface area is 197 Å². The van der Waals surface area contributed by atoms with Crippen molar-refractivity contribution in [3.8, 4) is 5.75 Å². The first-order valence-electron chi connectivity index (χ1n) is 11.7. The van der Waals surface area contributed by atoms with Crippen LogP contribution in [-0.4, -0.2) is 40.3 Å². The Morgan fingerprint density at radius 2 is 1.71 bits per heavy atom. The molecule has 5 rings (SSSR count). The Balaban J connectivity index is 1.32. The van der Waals surface area contributed by atoms with Crippen LogP contribution in [0.15, 0.2) is 30.3 Å². The monoisotopic (exact) mass is 501 g/mol. The number of rotatable bonds is 5. The average Bonchev–Trinajstić information content (AvgIpc) is 3.45. The van der Waals surface area contributed by atoms with Gasteiger partial charge in [-0.2, -0.15) is 26.3 Å². The SMILES string of the molecule is O=C(O)C1CC2(C1)CN2Cc1ccc2c(C(F)(F)F)c(OC3CCC(C(F)(F)F)CC3)ccc2c1. The van der Waals surface area contributed by atoms with Crippen LogP contribution in [0.25, 0.3) is 10.8 Å². The van der Waals surface area contributed by atoms with Crippen LogP contribution in [0, 0.1) is 11.8 Å². The van der Waals surface area contributed by atoms with Crippen LogP contribution in [0.5, 0.6) is 5.75 Å². The summed E-state index contributed by atoms with van der Waals surface area (Å²) >= 11 is 0. The average molecular weight is 501 g/mol. The number of carboxylic acid groups (broad SMARTS) is 1. The molecule has 190 valence electrons. The third-order valence-electron chi connectivity index (χ3n) is 7.79. The Morgan fingerprint density at radius 3 is 2.31 bits per heavy atom. The van der Waals surface area contributed by atoms with Gasteiger partial charge < -0.3 is 9.84 Å². The number of carboxylic acids is 1. The molecule has 0 radical (unpaired) electrons. The predicted octanol–water partition coefficient (Wildman–Crippen LogP) is 6.41. The molecule has 2 aliphatic carbocycles. The zero-order chi connectivity index (χ0) is 25.2. The molecule has 1 saturated heterocycles.